The van der Waals surface area contributed by atoms with Gasteiger partial charge in [0.2, 0.25) is 5.88 Å². The first-order valence-corrected chi connectivity index (χ1v) is 7.06. The van der Waals surface area contributed by atoms with Crippen LogP contribution in [0.2, 0.25) is 0 Å². The lowest BCUT2D eigenvalue weighted by Gasteiger charge is -2.26. The molecular weight excluding hydrogens is 306 g/mol. The Hall–Kier alpha value is -2.54. The van der Waals surface area contributed by atoms with E-state index in [0.29, 0.717) is 24.0 Å². The third-order valence-electron chi connectivity index (χ3n) is 3.76. The molecule has 2 aromatic rings. The number of carbonyl (C=O) groups excluding carboxylic acids is 1. The highest BCUT2D eigenvalue weighted by molar-refractivity contribution is 5.93. The van der Waals surface area contributed by atoms with Crippen LogP contribution in [-0.2, 0) is 6.42 Å². The number of benzene rings is 1. The summed E-state index contributed by atoms with van der Waals surface area (Å²) in [4.78, 5) is 15.5. The smallest absolute Gasteiger partial charge is 0.267 e. The third kappa shape index (κ3) is 2.87. The number of aliphatic hydroxyl groups excluding tert-OH is 1. The number of rotatable bonds is 3. The van der Waals surface area contributed by atoms with Gasteiger partial charge in [0, 0.05) is 17.2 Å². The van der Waals surface area contributed by atoms with E-state index in [1.807, 2.05) is 0 Å². The molecule has 0 radical (unpaired) electrons. The van der Waals surface area contributed by atoms with Gasteiger partial charge in [-0.15, -0.1) is 0 Å². The lowest BCUT2D eigenvalue weighted by atomic mass is 9.94. The molecule has 120 valence electrons. The number of amides is 1. The number of nitrogens with zero attached hydrogens (tertiary/aromatic N) is 1. The maximum absolute atomic E-state index is 14.1. The molecule has 2 heterocycles. The van der Waals surface area contributed by atoms with Gasteiger partial charge < -0.3 is 15.6 Å². The first-order valence-electron chi connectivity index (χ1n) is 7.06. The zero-order valence-corrected chi connectivity index (χ0v) is 12.1. The molecule has 0 saturated heterocycles. The number of hydrogen-bond donors (Lipinski definition) is 2. The Morgan fingerprint density at radius 1 is 1.35 bits per heavy atom. The summed E-state index contributed by atoms with van der Waals surface area (Å²) in [7, 11) is 0. The molecule has 1 aromatic heterocycles. The molecule has 0 spiro atoms. The van der Waals surface area contributed by atoms with Crippen molar-refractivity contribution in [3.8, 4) is 17.0 Å². The molecule has 0 unspecified atom stereocenters. The molecule has 1 aliphatic rings. The minimum Gasteiger partial charge on any atom is -0.472 e. The Balaban J connectivity index is 2.19. The summed E-state index contributed by atoms with van der Waals surface area (Å²) >= 11 is 0. The van der Waals surface area contributed by atoms with E-state index < -0.39 is 23.6 Å². The van der Waals surface area contributed by atoms with E-state index >= 15 is 0 Å². The van der Waals surface area contributed by atoms with Gasteiger partial charge in [-0.1, -0.05) is 0 Å². The quantitative estimate of drug-likeness (QED) is 0.903. The molecule has 1 atom stereocenters. The summed E-state index contributed by atoms with van der Waals surface area (Å²) in [6.45, 7) is -0.192. The van der Waals surface area contributed by atoms with Crippen LogP contribution in [0.15, 0.2) is 24.3 Å². The summed E-state index contributed by atoms with van der Waals surface area (Å²) in [6.07, 6.45) is 0.569. The van der Waals surface area contributed by atoms with Crippen molar-refractivity contribution >= 4 is 5.91 Å². The zero-order valence-electron chi connectivity index (χ0n) is 12.1. The van der Waals surface area contributed by atoms with Crippen molar-refractivity contribution in [1.82, 2.24) is 4.98 Å². The first-order chi connectivity index (χ1) is 11.0. The largest absolute Gasteiger partial charge is 0.472 e. The highest BCUT2D eigenvalue weighted by Crippen LogP contribution is 2.36. The Labute approximate surface area is 130 Å². The number of carbonyl (C=O) groups is 1. The number of aromatic nitrogens is 1. The van der Waals surface area contributed by atoms with Gasteiger partial charge in [0.05, 0.1) is 6.61 Å². The number of ether oxygens (including phenoxy) is 1. The highest BCUT2D eigenvalue weighted by Gasteiger charge is 2.26. The second kappa shape index (κ2) is 5.92. The molecule has 1 aromatic carbocycles. The maximum Gasteiger partial charge on any atom is 0.267 e. The number of nitrogens with two attached hydrogens (primary N) is 1. The minimum atomic E-state index is -0.786. The fourth-order valence-corrected chi connectivity index (χ4v) is 2.61. The van der Waals surface area contributed by atoms with Gasteiger partial charge in [-0.25, -0.2) is 13.8 Å². The van der Waals surface area contributed by atoms with E-state index in [0.717, 1.165) is 12.1 Å². The second-order valence-electron chi connectivity index (χ2n) is 5.29. The van der Waals surface area contributed by atoms with Crippen molar-refractivity contribution in [2.75, 3.05) is 6.61 Å². The highest BCUT2D eigenvalue weighted by atomic mass is 19.1. The number of primary amides is 1. The van der Waals surface area contributed by atoms with Gasteiger partial charge in [0.25, 0.3) is 5.91 Å². The van der Waals surface area contributed by atoms with Gasteiger partial charge in [0.15, 0.2) is 0 Å². The predicted molar refractivity (Wildman–Crippen MR) is 77.9 cm³/mol. The van der Waals surface area contributed by atoms with Gasteiger partial charge in [0.1, 0.15) is 23.4 Å². The number of aliphatic hydroxyl groups is 1. The summed E-state index contributed by atoms with van der Waals surface area (Å²) in [5, 5.41) is 9.21. The Morgan fingerprint density at radius 2 is 2.13 bits per heavy atom. The number of hydrogen-bond acceptors (Lipinski definition) is 4. The van der Waals surface area contributed by atoms with Crippen LogP contribution in [0, 0.1) is 11.6 Å². The van der Waals surface area contributed by atoms with E-state index in [2.05, 4.69) is 4.98 Å². The van der Waals surface area contributed by atoms with Crippen molar-refractivity contribution in [1.29, 1.82) is 0 Å². The Bertz CT molecular complexity index is 780. The molecule has 3 rings (SSSR count). The molecule has 0 bridgehead atoms. The lowest BCUT2D eigenvalue weighted by Crippen LogP contribution is -2.28. The molecule has 5 nitrogen and oxygen atoms in total. The van der Waals surface area contributed by atoms with E-state index in [9.17, 15) is 18.7 Å². The van der Waals surface area contributed by atoms with Crippen LogP contribution in [0.25, 0.3) is 11.1 Å². The van der Waals surface area contributed by atoms with Gasteiger partial charge in [-0.3, -0.25) is 4.79 Å². The topological polar surface area (TPSA) is 85.4 Å². The van der Waals surface area contributed by atoms with Crippen molar-refractivity contribution in [2.45, 2.75) is 18.9 Å². The van der Waals surface area contributed by atoms with Gasteiger partial charge in [-0.05, 0) is 36.6 Å². The predicted octanol–water partition coefficient (Wildman–Crippen LogP) is 1.81. The maximum atomic E-state index is 14.1. The van der Waals surface area contributed by atoms with Crippen LogP contribution in [-0.4, -0.2) is 28.7 Å². The number of pyridine rings is 1. The Morgan fingerprint density at radius 3 is 2.78 bits per heavy atom. The van der Waals surface area contributed by atoms with Crippen molar-refractivity contribution < 1.29 is 23.4 Å². The van der Waals surface area contributed by atoms with Crippen LogP contribution in [0.5, 0.6) is 5.88 Å². The lowest BCUT2D eigenvalue weighted by molar-refractivity contribution is 0.0913. The SMILES string of the molecule is NC(=O)c1cc(-c2ccc(F)cc2F)c2c(n1)O[C@H](CO)CC2. The van der Waals surface area contributed by atoms with Crippen LogP contribution in [0.3, 0.4) is 0 Å². The summed E-state index contributed by atoms with van der Waals surface area (Å²) in [5.74, 6) is -2.09. The van der Waals surface area contributed by atoms with E-state index in [-0.39, 0.29) is 23.7 Å². The van der Waals surface area contributed by atoms with Crippen molar-refractivity contribution in [3.05, 3.63) is 47.2 Å². The average molecular weight is 320 g/mol. The summed E-state index contributed by atoms with van der Waals surface area (Å²) < 4.78 is 32.8. The summed E-state index contributed by atoms with van der Waals surface area (Å²) in [5.41, 5.74) is 6.31. The van der Waals surface area contributed by atoms with Gasteiger partial charge >= 0.3 is 0 Å². The average Bonchev–Trinajstić information content (AvgIpc) is 2.53. The fraction of sp³-hybridized carbons (Fsp3) is 0.250. The molecule has 7 heteroatoms. The van der Waals surface area contributed by atoms with Crippen LogP contribution < -0.4 is 10.5 Å². The van der Waals surface area contributed by atoms with E-state index in [1.54, 1.807) is 0 Å². The Kier molecular flexibility index (Phi) is 3.96. The number of fused-ring (bicyclic) bond motifs is 1. The minimum absolute atomic E-state index is 0.0823. The monoisotopic (exact) mass is 320 g/mol. The third-order valence-corrected chi connectivity index (χ3v) is 3.76. The molecule has 0 fully saturated rings. The molecular formula is C16H14F2N2O3. The van der Waals surface area contributed by atoms with Crippen LogP contribution in [0.4, 0.5) is 8.78 Å². The van der Waals surface area contributed by atoms with Crippen LogP contribution in [0.1, 0.15) is 22.5 Å². The molecule has 1 amide bonds. The van der Waals surface area contributed by atoms with Crippen molar-refractivity contribution in [2.24, 2.45) is 5.73 Å². The molecule has 0 saturated carbocycles. The normalized spacial score (nSPS) is 16.6. The van der Waals surface area contributed by atoms with E-state index in [4.69, 9.17) is 10.5 Å². The molecule has 3 N–H and O–H groups in total. The standard InChI is InChI=1S/C16H14F2N2O3/c17-8-1-3-10(13(18)5-8)12-6-14(15(19)22)20-16-11(12)4-2-9(7-21)23-16/h1,3,5-6,9,21H,2,4,7H2,(H2,19,22)/t9-/m0/s1. The second-order valence-corrected chi connectivity index (χ2v) is 5.29. The molecule has 1 aliphatic heterocycles. The van der Waals surface area contributed by atoms with Crippen LogP contribution >= 0.6 is 0 Å². The van der Waals surface area contributed by atoms with Crippen molar-refractivity contribution in [3.63, 3.8) is 0 Å². The van der Waals surface area contributed by atoms with Gasteiger partial charge in [-0.2, -0.15) is 0 Å². The molecule has 0 aliphatic carbocycles. The first kappa shape index (κ1) is 15.4. The van der Waals surface area contributed by atoms with E-state index in [1.165, 1.54) is 12.1 Å². The summed E-state index contributed by atoms with van der Waals surface area (Å²) in [6, 6.07) is 4.57. The molecule has 23 heavy (non-hydrogen) atoms. The zero-order chi connectivity index (χ0) is 16.6. The number of halogens is 2. The fourth-order valence-electron chi connectivity index (χ4n) is 2.61.